The molecule has 0 fully saturated rings. The normalized spacial score (nSPS) is 10.8. The number of rotatable bonds is 4. The summed E-state index contributed by atoms with van der Waals surface area (Å²) in [6.07, 6.45) is 0. The lowest BCUT2D eigenvalue weighted by molar-refractivity contribution is -0.117. The smallest absolute Gasteiger partial charge is 0.260 e. The Kier molecular flexibility index (Phi) is 6.40. The summed E-state index contributed by atoms with van der Waals surface area (Å²) in [6.45, 7) is 0. The number of benzene rings is 1. The van der Waals surface area contributed by atoms with Crippen LogP contribution in [0.1, 0.15) is 0 Å². The Bertz CT molecular complexity index is 446. The number of carbonyl (C=O) groups excluding carboxylic acids is 2. The lowest BCUT2D eigenvalue weighted by Gasteiger charge is -2.21. The quantitative estimate of drug-likeness (QED) is 0.776. The number of hydrogen-bond acceptors (Lipinski definition) is 2. The monoisotopic (exact) mass is 356 g/mol. The van der Waals surface area contributed by atoms with Crippen molar-refractivity contribution in [1.82, 2.24) is 0 Å². The van der Waals surface area contributed by atoms with Crippen LogP contribution in [0.4, 0.5) is 11.4 Å². The lowest BCUT2D eigenvalue weighted by Crippen LogP contribution is -2.32. The van der Waals surface area contributed by atoms with Crippen LogP contribution in [0.15, 0.2) is 24.3 Å². The van der Waals surface area contributed by atoms with Crippen LogP contribution >= 0.6 is 46.4 Å². The summed E-state index contributed by atoms with van der Waals surface area (Å²) in [5.41, 5.74) is 1.19. The van der Waals surface area contributed by atoms with Gasteiger partial charge in [0.15, 0.2) is 9.67 Å². The summed E-state index contributed by atoms with van der Waals surface area (Å²) in [4.78, 5) is 23.6. The molecule has 0 aliphatic carbocycles. The Morgan fingerprint density at radius 1 is 0.800 bits per heavy atom. The fourth-order valence-corrected chi connectivity index (χ4v) is 2.03. The van der Waals surface area contributed by atoms with Gasteiger partial charge in [-0.05, 0) is 24.3 Å². The van der Waals surface area contributed by atoms with Crippen molar-refractivity contribution in [3.8, 4) is 0 Å². The van der Waals surface area contributed by atoms with Crippen molar-refractivity contribution in [2.45, 2.75) is 9.67 Å². The minimum Gasteiger partial charge on any atom is -0.313 e. The molecule has 0 bridgehead atoms. The van der Waals surface area contributed by atoms with Gasteiger partial charge in [-0.25, -0.2) is 0 Å². The summed E-state index contributed by atoms with van der Waals surface area (Å²) in [5.74, 6) is -0.876. The zero-order chi connectivity index (χ0) is 15.4. The predicted octanol–water partition coefficient (Wildman–Crippen LogP) is 3.22. The van der Waals surface area contributed by atoms with Gasteiger partial charge in [0.1, 0.15) is 0 Å². The molecule has 2 amide bonds. The van der Waals surface area contributed by atoms with Gasteiger partial charge in [-0.2, -0.15) is 0 Å². The summed E-state index contributed by atoms with van der Waals surface area (Å²) in [6, 6.07) is 6.63. The summed E-state index contributed by atoms with van der Waals surface area (Å²) < 4.78 is 0. The molecule has 1 rings (SSSR count). The van der Waals surface area contributed by atoms with Crippen LogP contribution in [0.2, 0.25) is 0 Å². The number of alkyl halides is 4. The SMILES string of the molecule is CN(C(=O)C(Cl)Cl)c1ccc(N(C)C(=O)C(Cl)Cl)cc1. The highest BCUT2D eigenvalue weighted by Crippen LogP contribution is 2.22. The Labute approximate surface area is 137 Å². The Balaban J connectivity index is 2.89. The minimum atomic E-state index is -1.13. The zero-order valence-electron chi connectivity index (χ0n) is 10.7. The average Bonchev–Trinajstić information content (AvgIpc) is 2.44. The molecule has 4 nitrogen and oxygen atoms in total. The van der Waals surface area contributed by atoms with Gasteiger partial charge >= 0.3 is 0 Å². The highest BCUT2D eigenvalue weighted by Gasteiger charge is 2.20. The van der Waals surface area contributed by atoms with Crippen molar-refractivity contribution < 1.29 is 9.59 Å². The maximum atomic E-state index is 11.6. The van der Waals surface area contributed by atoms with Gasteiger partial charge in [0, 0.05) is 25.5 Å². The first-order valence-corrected chi connectivity index (χ1v) is 7.21. The van der Waals surface area contributed by atoms with E-state index >= 15 is 0 Å². The first-order chi connectivity index (χ1) is 9.25. The van der Waals surface area contributed by atoms with E-state index in [0.29, 0.717) is 11.4 Å². The zero-order valence-corrected chi connectivity index (χ0v) is 13.7. The van der Waals surface area contributed by atoms with E-state index in [1.807, 2.05) is 0 Å². The topological polar surface area (TPSA) is 40.6 Å². The molecule has 0 spiro atoms. The molecule has 0 aliphatic heterocycles. The summed E-state index contributed by atoms with van der Waals surface area (Å²) in [7, 11) is 3.11. The summed E-state index contributed by atoms with van der Waals surface area (Å²) >= 11 is 22.1. The Morgan fingerprint density at radius 2 is 1.05 bits per heavy atom. The molecule has 0 saturated carbocycles. The molecule has 110 valence electrons. The van der Waals surface area contributed by atoms with Gasteiger partial charge in [-0.1, -0.05) is 46.4 Å². The largest absolute Gasteiger partial charge is 0.313 e. The van der Waals surface area contributed by atoms with Gasteiger partial charge in [0.2, 0.25) is 0 Å². The fourth-order valence-electron chi connectivity index (χ4n) is 1.45. The van der Waals surface area contributed by atoms with E-state index < -0.39 is 21.5 Å². The van der Waals surface area contributed by atoms with E-state index in [-0.39, 0.29) is 0 Å². The second-order valence-corrected chi connectivity index (χ2v) is 6.10. The van der Waals surface area contributed by atoms with E-state index in [2.05, 4.69) is 0 Å². The maximum Gasteiger partial charge on any atom is 0.260 e. The van der Waals surface area contributed by atoms with E-state index in [0.717, 1.165) is 0 Å². The molecule has 20 heavy (non-hydrogen) atoms. The van der Waals surface area contributed by atoms with Crippen LogP contribution in [0.3, 0.4) is 0 Å². The van der Waals surface area contributed by atoms with Crippen molar-refractivity contribution in [2.75, 3.05) is 23.9 Å². The second-order valence-electron chi connectivity index (χ2n) is 3.91. The van der Waals surface area contributed by atoms with Crippen molar-refractivity contribution in [3.63, 3.8) is 0 Å². The number of amides is 2. The number of halogens is 4. The van der Waals surface area contributed by atoms with Gasteiger partial charge < -0.3 is 9.80 Å². The van der Waals surface area contributed by atoms with Crippen LogP contribution in [0.25, 0.3) is 0 Å². The van der Waals surface area contributed by atoms with E-state index in [1.165, 1.54) is 9.80 Å². The van der Waals surface area contributed by atoms with E-state index in [9.17, 15) is 9.59 Å². The molecule has 0 saturated heterocycles. The second kappa shape index (κ2) is 7.36. The van der Waals surface area contributed by atoms with Crippen molar-refractivity contribution in [3.05, 3.63) is 24.3 Å². The van der Waals surface area contributed by atoms with Gasteiger partial charge in [-0.15, -0.1) is 0 Å². The third-order valence-corrected chi connectivity index (χ3v) is 3.41. The standard InChI is InChI=1S/C12H12Cl4N2O2/c1-17(11(19)9(13)14)7-3-5-8(6-4-7)18(2)12(20)10(15)16/h3-6,9-10H,1-2H3. The molecule has 0 aliphatic rings. The third kappa shape index (κ3) is 4.16. The number of hydrogen-bond donors (Lipinski definition) is 0. The van der Waals surface area contributed by atoms with Gasteiger partial charge in [0.05, 0.1) is 0 Å². The Hall–Kier alpha value is -0.680. The molecule has 0 N–H and O–H groups in total. The van der Waals surface area contributed by atoms with Crippen LogP contribution in [-0.2, 0) is 9.59 Å². The molecule has 0 heterocycles. The average molecular weight is 358 g/mol. The van der Waals surface area contributed by atoms with Crippen molar-refractivity contribution in [2.24, 2.45) is 0 Å². The lowest BCUT2D eigenvalue weighted by atomic mass is 10.2. The number of carbonyl (C=O) groups is 2. The molecule has 0 unspecified atom stereocenters. The predicted molar refractivity (Wildman–Crippen MR) is 84.3 cm³/mol. The Morgan fingerprint density at radius 3 is 1.25 bits per heavy atom. The fraction of sp³-hybridized carbons (Fsp3) is 0.333. The summed E-state index contributed by atoms with van der Waals surface area (Å²) in [5, 5.41) is 0. The van der Waals surface area contributed by atoms with E-state index in [1.54, 1.807) is 38.4 Å². The highest BCUT2D eigenvalue weighted by molar-refractivity contribution is 6.55. The number of nitrogens with zero attached hydrogens (tertiary/aromatic N) is 2. The first-order valence-electron chi connectivity index (χ1n) is 5.47. The molecule has 1 aromatic rings. The number of anilines is 2. The van der Waals surface area contributed by atoms with Crippen molar-refractivity contribution >= 4 is 69.6 Å². The van der Waals surface area contributed by atoms with E-state index in [4.69, 9.17) is 46.4 Å². The van der Waals surface area contributed by atoms with Gasteiger partial charge in [0.25, 0.3) is 11.8 Å². The van der Waals surface area contributed by atoms with Crippen LogP contribution in [0, 0.1) is 0 Å². The third-order valence-electron chi connectivity index (χ3n) is 2.66. The molecular weight excluding hydrogens is 346 g/mol. The molecule has 0 radical (unpaired) electrons. The highest BCUT2D eigenvalue weighted by atomic mass is 35.5. The molecule has 0 atom stereocenters. The van der Waals surface area contributed by atoms with Crippen molar-refractivity contribution in [1.29, 1.82) is 0 Å². The minimum absolute atomic E-state index is 0.438. The molecule has 1 aromatic carbocycles. The maximum absolute atomic E-state index is 11.6. The molecular formula is C12H12Cl4N2O2. The molecule has 0 aromatic heterocycles. The van der Waals surface area contributed by atoms with Crippen LogP contribution in [0.5, 0.6) is 0 Å². The first kappa shape index (κ1) is 17.4. The van der Waals surface area contributed by atoms with Gasteiger partial charge in [-0.3, -0.25) is 9.59 Å². The molecule has 8 heteroatoms. The van der Waals surface area contributed by atoms with Crippen LogP contribution < -0.4 is 9.80 Å². The van der Waals surface area contributed by atoms with Crippen LogP contribution in [-0.4, -0.2) is 35.6 Å².